The molecule has 0 radical (unpaired) electrons. The number of amides is 2. The van der Waals surface area contributed by atoms with E-state index in [-0.39, 0.29) is 31.3 Å². The lowest BCUT2D eigenvalue weighted by Crippen LogP contribution is -2.32. The van der Waals surface area contributed by atoms with Crippen LogP contribution in [-0.4, -0.2) is 29.5 Å². The van der Waals surface area contributed by atoms with Gasteiger partial charge >= 0.3 is 5.97 Å². The molecule has 0 unspecified atom stereocenters. The van der Waals surface area contributed by atoms with Gasteiger partial charge in [0.25, 0.3) is 5.91 Å². The van der Waals surface area contributed by atoms with Crippen LogP contribution in [-0.2, 0) is 14.4 Å². The Bertz CT molecular complexity index is 695. The molecule has 1 fully saturated rings. The molecule has 1 saturated carbocycles. The first-order chi connectivity index (χ1) is 12.0. The highest BCUT2D eigenvalue weighted by Gasteiger charge is 2.36. The van der Waals surface area contributed by atoms with E-state index in [2.05, 4.69) is 10.6 Å². The van der Waals surface area contributed by atoms with Crippen molar-refractivity contribution < 1.29 is 24.2 Å². The Labute approximate surface area is 145 Å². The van der Waals surface area contributed by atoms with E-state index >= 15 is 0 Å². The molecule has 3 rings (SSSR count). The van der Waals surface area contributed by atoms with Gasteiger partial charge in [-0.2, -0.15) is 0 Å². The van der Waals surface area contributed by atoms with Gasteiger partial charge in [-0.25, -0.2) is 0 Å². The maximum atomic E-state index is 12.5. The molecular formula is C18H22N2O5. The Morgan fingerprint density at radius 1 is 1.20 bits per heavy atom. The predicted molar refractivity (Wildman–Crippen MR) is 91.6 cm³/mol. The third kappa shape index (κ3) is 4.29. The summed E-state index contributed by atoms with van der Waals surface area (Å²) in [5.41, 5.74) is 0.613. The Morgan fingerprint density at radius 3 is 2.68 bits per heavy atom. The summed E-state index contributed by atoms with van der Waals surface area (Å²) in [5, 5.41) is 14.7. The first kappa shape index (κ1) is 17.3. The molecule has 1 aromatic carbocycles. The van der Waals surface area contributed by atoms with Gasteiger partial charge in [-0.1, -0.05) is 19.3 Å². The van der Waals surface area contributed by atoms with Crippen molar-refractivity contribution >= 4 is 29.2 Å². The van der Waals surface area contributed by atoms with E-state index in [4.69, 9.17) is 4.74 Å². The Hall–Kier alpha value is -2.57. The molecule has 1 aliphatic carbocycles. The van der Waals surface area contributed by atoms with Crippen molar-refractivity contribution in [3.63, 3.8) is 0 Å². The first-order valence-corrected chi connectivity index (χ1v) is 8.54. The van der Waals surface area contributed by atoms with Gasteiger partial charge in [-0.05, 0) is 36.5 Å². The zero-order chi connectivity index (χ0) is 17.9. The van der Waals surface area contributed by atoms with E-state index in [9.17, 15) is 19.5 Å². The molecule has 7 heteroatoms. The van der Waals surface area contributed by atoms with E-state index in [1.807, 2.05) is 0 Å². The fourth-order valence-corrected chi connectivity index (χ4v) is 3.75. The predicted octanol–water partition coefficient (Wildman–Crippen LogP) is 2.77. The summed E-state index contributed by atoms with van der Waals surface area (Å²) in [6.45, 7) is -0.0174. The van der Waals surface area contributed by atoms with Crippen LogP contribution in [0.25, 0.3) is 0 Å². The number of carbonyl (C=O) groups is 3. The van der Waals surface area contributed by atoms with E-state index in [0.29, 0.717) is 17.1 Å². The van der Waals surface area contributed by atoms with Crippen LogP contribution >= 0.6 is 0 Å². The number of benzene rings is 1. The maximum absolute atomic E-state index is 12.5. The second-order valence-corrected chi connectivity index (χ2v) is 6.90. The second-order valence-electron chi connectivity index (χ2n) is 6.90. The smallest absolute Gasteiger partial charge is 0.303 e. The quantitative estimate of drug-likeness (QED) is 0.760. The van der Waals surface area contributed by atoms with Crippen molar-refractivity contribution in [2.75, 3.05) is 17.2 Å². The number of carboxylic acid groups (broad SMARTS) is 1. The third-order valence-electron chi connectivity index (χ3n) is 4.87. The molecule has 0 aromatic heterocycles. The normalized spacial score (nSPS) is 18.5. The highest BCUT2D eigenvalue weighted by Crippen LogP contribution is 2.42. The molecule has 0 saturated heterocycles. The zero-order valence-corrected chi connectivity index (χ0v) is 14.0. The average molecular weight is 346 g/mol. The summed E-state index contributed by atoms with van der Waals surface area (Å²) in [6, 6.07) is 5.05. The summed E-state index contributed by atoms with van der Waals surface area (Å²) in [7, 11) is 0. The van der Waals surface area contributed by atoms with Crippen LogP contribution in [0.15, 0.2) is 18.2 Å². The molecule has 2 aliphatic rings. The van der Waals surface area contributed by atoms with Gasteiger partial charge in [0.15, 0.2) is 6.61 Å². The van der Waals surface area contributed by atoms with Crippen LogP contribution < -0.4 is 15.4 Å². The third-order valence-corrected chi connectivity index (χ3v) is 4.87. The van der Waals surface area contributed by atoms with Crippen molar-refractivity contribution in [2.45, 2.75) is 44.9 Å². The minimum atomic E-state index is -0.858. The largest absolute Gasteiger partial charge is 0.482 e. The van der Waals surface area contributed by atoms with Gasteiger partial charge < -0.3 is 20.5 Å². The van der Waals surface area contributed by atoms with Gasteiger partial charge in [-0.3, -0.25) is 14.4 Å². The fraction of sp³-hybridized carbons (Fsp3) is 0.500. The van der Waals surface area contributed by atoms with Crippen molar-refractivity contribution in [3.8, 4) is 5.75 Å². The van der Waals surface area contributed by atoms with Crippen molar-refractivity contribution in [2.24, 2.45) is 5.41 Å². The molecule has 0 bridgehead atoms. The van der Waals surface area contributed by atoms with E-state index < -0.39 is 11.4 Å². The average Bonchev–Trinajstić information content (AvgIpc) is 2.54. The molecule has 1 heterocycles. The number of fused-ring (bicyclic) bond motifs is 1. The molecule has 1 aliphatic heterocycles. The standard InChI is InChI=1S/C18H22N2O5/c21-15(9-18(10-17(23)24)6-2-1-3-7-18)19-12-4-5-14-13(8-12)20-16(22)11-25-14/h4-5,8H,1-3,6-7,9-11H2,(H,19,21)(H,20,22)(H,23,24). The van der Waals surface area contributed by atoms with Gasteiger partial charge in [0, 0.05) is 12.1 Å². The number of carboxylic acids is 1. The topological polar surface area (TPSA) is 105 Å². The molecule has 3 N–H and O–H groups in total. The first-order valence-electron chi connectivity index (χ1n) is 8.54. The van der Waals surface area contributed by atoms with Crippen LogP contribution in [0.3, 0.4) is 0 Å². The van der Waals surface area contributed by atoms with Crippen LogP contribution in [0, 0.1) is 5.41 Å². The van der Waals surface area contributed by atoms with Gasteiger partial charge in [0.2, 0.25) is 5.91 Å². The number of rotatable bonds is 5. The monoisotopic (exact) mass is 346 g/mol. The zero-order valence-electron chi connectivity index (χ0n) is 14.0. The summed E-state index contributed by atoms with van der Waals surface area (Å²) < 4.78 is 5.29. The van der Waals surface area contributed by atoms with Crippen molar-refractivity contribution in [3.05, 3.63) is 18.2 Å². The number of ether oxygens (including phenoxy) is 1. The number of hydrogen-bond acceptors (Lipinski definition) is 4. The number of carbonyl (C=O) groups excluding carboxylic acids is 2. The molecule has 7 nitrogen and oxygen atoms in total. The number of aliphatic carboxylic acids is 1. The lowest BCUT2D eigenvalue weighted by molar-refractivity contribution is -0.141. The molecule has 1 aromatic rings. The van der Waals surface area contributed by atoms with E-state index in [1.165, 1.54) is 0 Å². The Balaban J connectivity index is 1.68. The summed E-state index contributed by atoms with van der Waals surface area (Å²) >= 11 is 0. The second kappa shape index (κ2) is 7.13. The Morgan fingerprint density at radius 2 is 1.96 bits per heavy atom. The molecule has 25 heavy (non-hydrogen) atoms. The fourth-order valence-electron chi connectivity index (χ4n) is 3.75. The summed E-state index contributed by atoms with van der Waals surface area (Å²) in [4.78, 5) is 35.1. The minimum Gasteiger partial charge on any atom is -0.482 e. The summed E-state index contributed by atoms with van der Waals surface area (Å²) in [6.07, 6.45) is 4.76. The van der Waals surface area contributed by atoms with Gasteiger partial charge in [-0.15, -0.1) is 0 Å². The SMILES string of the molecule is O=C(O)CC1(CC(=O)Nc2ccc3c(c2)NC(=O)CO3)CCCCC1. The minimum absolute atomic E-state index is 0.0174. The van der Waals surface area contributed by atoms with Gasteiger partial charge in [0.05, 0.1) is 12.1 Å². The molecule has 0 atom stereocenters. The van der Waals surface area contributed by atoms with Crippen molar-refractivity contribution in [1.29, 1.82) is 0 Å². The molecule has 134 valence electrons. The Kier molecular flexibility index (Phi) is 4.92. The highest BCUT2D eigenvalue weighted by atomic mass is 16.5. The van der Waals surface area contributed by atoms with Crippen LogP contribution in [0.4, 0.5) is 11.4 Å². The molecular weight excluding hydrogens is 324 g/mol. The molecule has 0 spiro atoms. The van der Waals surface area contributed by atoms with Crippen LogP contribution in [0.1, 0.15) is 44.9 Å². The lowest BCUT2D eigenvalue weighted by atomic mass is 9.69. The highest BCUT2D eigenvalue weighted by molar-refractivity contribution is 5.97. The summed E-state index contributed by atoms with van der Waals surface area (Å²) in [5.74, 6) is -0.736. The van der Waals surface area contributed by atoms with E-state index in [1.54, 1.807) is 18.2 Å². The van der Waals surface area contributed by atoms with Crippen molar-refractivity contribution in [1.82, 2.24) is 0 Å². The van der Waals surface area contributed by atoms with Crippen LogP contribution in [0.5, 0.6) is 5.75 Å². The number of anilines is 2. The lowest BCUT2D eigenvalue weighted by Gasteiger charge is -2.35. The number of hydrogen-bond donors (Lipinski definition) is 3. The maximum Gasteiger partial charge on any atom is 0.303 e. The number of nitrogens with one attached hydrogen (secondary N) is 2. The van der Waals surface area contributed by atoms with Gasteiger partial charge in [0.1, 0.15) is 5.75 Å². The van der Waals surface area contributed by atoms with E-state index in [0.717, 1.165) is 32.1 Å². The van der Waals surface area contributed by atoms with Crippen LogP contribution in [0.2, 0.25) is 0 Å². The molecule has 2 amide bonds.